The number of benzene rings is 2. The second-order valence-electron chi connectivity index (χ2n) is 11.2. The molecule has 4 rings (SSSR count). The number of carbonyl (C=O) groups is 3. The second-order valence-corrected chi connectivity index (χ2v) is 11.2. The van der Waals surface area contributed by atoms with Crippen molar-refractivity contribution in [3.8, 4) is 0 Å². The molecule has 243 valence electrons. The Kier molecular flexibility index (Phi) is 23.5. The van der Waals surface area contributed by atoms with Crippen molar-refractivity contribution in [1.82, 2.24) is 9.80 Å². The Hall–Kier alpha value is -2.37. The van der Waals surface area contributed by atoms with E-state index < -0.39 is 0 Å². The molecular weight excluding hydrogens is 582 g/mol. The molecule has 45 heavy (non-hydrogen) atoms. The molecule has 2 N–H and O–H groups in total. The van der Waals surface area contributed by atoms with Gasteiger partial charge < -0.3 is 30.9 Å². The number of amides is 2. The molecule has 0 bridgehead atoms. The summed E-state index contributed by atoms with van der Waals surface area (Å²) in [6.45, 7) is 8.78. The van der Waals surface area contributed by atoms with Crippen LogP contribution in [0.2, 0.25) is 0 Å². The van der Waals surface area contributed by atoms with E-state index in [0.29, 0.717) is 39.2 Å². The molecule has 9 nitrogen and oxygen atoms in total. The molecule has 0 saturated carbocycles. The molecule has 0 spiro atoms. The molecule has 2 aliphatic rings. The number of nitrogens with zero attached hydrogens (tertiary/aromatic N) is 2. The van der Waals surface area contributed by atoms with Gasteiger partial charge in [0.2, 0.25) is 0 Å². The Balaban J connectivity index is 0. The van der Waals surface area contributed by atoms with E-state index in [-0.39, 0.29) is 88.5 Å². The van der Waals surface area contributed by atoms with Crippen LogP contribution in [0.3, 0.4) is 0 Å². The summed E-state index contributed by atoms with van der Waals surface area (Å²) in [4.78, 5) is 39.3. The first-order chi connectivity index (χ1) is 20.7. The fourth-order valence-corrected chi connectivity index (χ4v) is 4.83. The topological polar surface area (TPSA) is 117 Å². The molecule has 11 heteroatoms. The van der Waals surface area contributed by atoms with Crippen molar-refractivity contribution in [3.05, 3.63) is 71.8 Å². The van der Waals surface area contributed by atoms with Crippen molar-refractivity contribution < 1.29 is 65.1 Å². The van der Waals surface area contributed by atoms with E-state index in [1.807, 2.05) is 74.5 Å². The van der Waals surface area contributed by atoms with Crippen LogP contribution in [-0.2, 0) is 27.5 Å². The first kappa shape index (κ1) is 42.6. The van der Waals surface area contributed by atoms with Gasteiger partial charge in [0.1, 0.15) is 19.0 Å². The molecule has 3 unspecified atom stereocenters. The summed E-state index contributed by atoms with van der Waals surface area (Å²) in [5.74, 6) is 0.240. The fraction of sp³-hybridized carbons (Fsp3) is 0.559. The van der Waals surface area contributed by atoms with E-state index in [1.54, 1.807) is 16.7 Å². The molecule has 0 aliphatic carbocycles. The molecule has 2 aromatic rings. The van der Waals surface area contributed by atoms with Crippen LogP contribution in [0.5, 0.6) is 0 Å². The van der Waals surface area contributed by atoms with Crippen molar-refractivity contribution >= 4 is 26.4 Å². The maximum absolute atomic E-state index is 12.1. The molecule has 2 heterocycles. The second kappa shape index (κ2) is 24.8. The van der Waals surface area contributed by atoms with Crippen LogP contribution in [0.4, 0.5) is 9.59 Å². The van der Waals surface area contributed by atoms with Gasteiger partial charge in [-0.25, -0.2) is 9.59 Å². The summed E-state index contributed by atoms with van der Waals surface area (Å²) in [7, 11) is 0. The van der Waals surface area contributed by atoms with Crippen LogP contribution in [0.1, 0.15) is 71.8 Å². The van der Waals surface area contributed by atoms with E-state index >= 15 is 0 Å². The summed E-state index contributed by atoms with van der Waals surface area (Å²) in [6.07, 6.45) is 4.12. The quantitative estimate of drug-likeness (QED) is 0.498. The summed E-state index contributed by atoms with van der Waals surface area (Å²) in [6, 6.07) is 19.3. The number of aliphatic hydroxyl groups is 2. The predicted octanol–water partition coefficient (Wildman–Crippen LogP) is 2.55. The smallest absolute Gasteiger partial charge is 1.00 e. The summed E-state index contributed by atoms with van der Waals surface area (Å²) < 4.78 is 10.7. The molecule has 0 aromatic heterocycles. The average molecular weight is 634 g/mol. The standard InChI is InChI=1S/C16H23NO3.C16H21NO3.C2H6O.B.Na.H/c2*1-13-11-17(10-6-5-9-15(13)18)16(19)20-12-14-7-3-2-4-8-14;1-2-3;;;/h2-4,7-8,13,15,18H,5-6,9-12H2,1H3;2-4,7-8,13H,5-6,9-12H2,1H3;3H,2H2,1H3;;;/q;;;;+1;-1. The molecule has 2 saturated heterocycles. The normalized spacial score (nSPS) is 19.9. The van der Waals surface area contributed by atoms with Gasteiger partial charge >= 0.3 is 41.7 Å². The average Bonchev–Trinajstić information content (AvgIpc) is 3.01. The third-order valence-electron chi connectivity index (χ3n) is 7.41. The van der Waals surface area contributed by atoms with E-state index in [4.69, 9.17) is 14.6 Å². The minimum Gasteiger partial charge on any atom is -1.00 e. The van der Waals surface area contributed by atoms with Crippen molar-refractivity contribution in [1.29, 1.82) is 0 Å². The van der Waals surface area contributed by atoms with Gasteiger partial charge in [-0.05, 0) is 56.1 Å². The van der Waals surface area contributed by atoms with Crippen molar-refractivity contribution in [2.24, 2.45) is 11.8 Å². The van der Waals surface area contributed by atoms with Gasteiger partial charge in [-0.3, -0.25) is 4.79 Å². The minimum absolute atomic E-state index is 0. The summed E-state index contributed by atoms with van der Waals surface area (Å²) in [5, 5.41) is 17.5. The van der Waals surface area contributed by atoms with Gasteiger partial charge in [0.15, 0.2) is 0 Å². The predicted molar refractivity (Wildman–Crippen MR) is 173 cm³/mol. The van der Waals surface area contributed by atoms with E-state index in [9.17, 15) is 19.5 Å². The SMILES string of the molecule is CC1CN(C(=O)OCc2ccccc2)CCCCC1=O.CC1CN(C(=O)OCc2ccccc2)CCCCC1O.CCO.[B].[H-].[Na+]. The number of hydrogen-bond acceptors (Lipinski definition) is 7. The molecule has 2 aliphatic heterocycles. The Morgan fingerprint density at radius 3 is 1.76 bits per heavy atom. The molecule has 2 amide bonds. The number of ketones is 1. The Morgan fingerprint density at radius 1 is 0.822 bits per heavy atom. The van der Waals surface area contributed by atoms with Crippen molar-refractivity contribution in [2.75, 3.05) is 32.8 Å². The first-order valence-electron chi connectivity index (χ1n) is 15.5. The van der Waals surface area contributed by atoms with E-state index in [1.165, 1.54) is 0 Å². The zero-order valence-electron chi connectivity index (χ0n) is 28.6. The van der Waals surface area contributed by atoms with E-state index in [2.05, 4.69) is 0 Å². The largest absolute Gasteiger partial charge is 1.00 e. The number of carbonyl (C=O) groups excluding carboxylic acids is 3. The third-order valence-corrected chi connectivity index (χ3v) is 7.41. The molecule has 2 aromatic carbocycles. The van der Waals surface area contributed by atoms with Crippen molar-refractivity contribution in [3.63, 3.8) is 0 Å². The summed E-state index contributed by atoms with van der Waals surface area (Å²) >= 11 is 0. The van der Waals surface area contributed by atoms with Gasteiger partial charge in [0.05, 0.1) is 6.10 Å². The van der Waals surface area contributed by atoms with Crippen LogP contribution < -0.4 is 29.6 Å². The fourth-order valence-electron chi connectivity index (χ4n) is 4.83. The van der Waals surface area contributed by atoms with Crippen LogP contribution in [0.25, 0.3) is 0 Å². The number of Topliss-reactive ketones (excluding diaryl/α,β-unsaturated/α-hetero) is 1. The maximum atomic E-state index is 12.1. The Bertz CT molecular complexity index is 1090. The van der Waals surface area contributed by atoms with Gasteiger partial charge in [-0.2, -0.15) is 0 Å². The Labute approximate surface area is 295 Å². The number of aliphatic hydroxyl groups excluding tert-OH is 2. The number of ether oxygens (including phenoxy) is 2. The third kappa shape index (κ3) is 17.2. The number of rotatable bonds is 4. The minimum atomic E-state index is -0.324. The number of hydrogen-bond donors (Lipinski definition) is 2. The molecule has 2 fully saturated rings. The number of likely N-dealkylation sites (tertiary alicyclic amines) is 2. The van der Waals surface area contributed by atoms with Crippen LogP contribution in [0.15, 0.2) is 60.7 Å². The molecular formula is C34H51BN2NaO7. The van der Waals surface area contributed by atoms with Gasteiger partial charge in [-0.1, -0.05) is 74.5 Å². The van der Waals surface area contributed by atoms with E-state index in [0.717, 1.165) is 43.2 Å². The monoisotopic (exact) mass is 633 g/mol. The van der Waals surface area contributed by atoms with Crippen LogP contribution in [-0.4, -0.2) is 85.3 Å². The first-order valence-corrected chi connectivity index (χ1v) is 15.5. The van der Waals surface area contributed by atoms with Gasteiger partial charge in [0, 0.05) is 53.5 Å². The van der Waals surface area contributed by atoms with Crippen molar-refractivity contribution in [2.45, 2.75) is 78.6 Å². The van der Waals surface area contributed by atoms with Crippen LogP contribution >= 0.6 is 0 Å². The zero-order valence-corrected chi connectivity index (χ0v) is 29.6. The molecule has 3 radical (unpaired) electrons. The molecule has 3 atom stereocenters. The van der Waals surface area contributed by atoms with Gasteiger partial charge in [0.25, 0.3) is 0 Å². The van der Waals surface area contributed by atoms with Crippen LogP contribution in [0, 0.1) is 11.8 Å². The maximum Gasteiger partial charge on any atom is 1.00 e. The Morgan fingerprint density at radius 2 is 1.27 bits per heavy atom. The van der Waals surface area contributed by atoms with Gasteiger partial charge in [-0.15, -0.1) is 0 Å². The summed E-state index contributed by atoms with van der Waals surface area (Å²) in [5.41, 5.74) is 1.96. The zero-order chi connectivity index (χ0) is 31.5.